The van der Waals surface area contributed by atoms with Crippen molar-refractivity contribution in [1.82, 2.24) is 4.98 Å². The Kier molecular flexibility index (Phi) is 5.97. The van der Waals surface area contributed by atoms with Crippen LogP contribution in [0.1, 0.15) is 33.2 Å². The number of aryl methyl sites for hydroxylation is 1. The van der Waals surface area contributed by atoms with E-state index in [4.69, 9.17) is 0 Å². The van der Waals surface area contributed by atoms with E-state index in [0.29, 0.717) is 6.54 Å². The van der Waals surface area contributed by atoms with Gasteiger partial charge >= 0.3 is 0 Å². The average molecular weight is 395 g/mol. The lowest BCUT2D eigenvalue weighted by Gasteiger charge is -2.21. The molecule has 7 heteroatoms. The summed E-state index contributed by atoms with van der Waals surface area (Å²) in [6.07, 6.45) is 2.68. The summed E-state index contributed by atoms with van der Waals surface area (Å²) >= 11 is 0. The molecule has 3 aromatic rings. The molecule has 1 N–H and O–H groups in total. The normalized spacial score (nSPS) is 10.5. The highest BCUT2D eigenvalue weighted by Gasteiger charge is 2.18. The van der Waals surface area contributed by atoms with E-state index in [9.17, 15) is 18.4 Å². The molecule has 148 valence electrons. The largest absolute Gasteiger partial charge is 0.322 e. The summed E-state index contributed by atoms with van der Waals surface area (Å²) in [7, 11) is 0. The summed E-state index contributed by atoms with van der Waals surface area (Å²) in [4.78, 5) is 31.0. The number of aromatic nitrogens is 1. The fourth-order valence-corrected chi connectivity index (χ4v) is 2.85. The van der Waals surface area contributed by atoms with Crippen LogP contribution in [-0.2, 0) is 0 Å². The maximum absolute atomic E-state index is 13.3. The van der Waals surface area contributed by atoms with Gasteiger partial charge in [0.1, 0.15) is 0 Å². The van der Waals surface area contributed by atoms with E-state index >= 15 is 0 Å². The highest BCUT2D eigenvalue weighted by molar-refractivity contribution is 6.09. The molecule has 0 spiro atoms. The highest BCUT2D eigenvalue weighted by Crippen LogP contribution is 2.19. The lowest BCUT2D eigenvalue weighted by atomic mass is 10.1. The third-order valence-corrected chi connectivity index (χ3v) is 4.30. The number of hydrogen-bond acceptors (Lipinski definition) is 3. The van der Waals surface area contributed by atoms with E-state index in [2.05, 4.69) is 10.3 Å². The van der Waals surface area contributed by atoms with Gasteiger partial charge in [0.25, 0.3) is 11.8 Å². The van der Waals surface area contributed by atoms with E-state index in [1.165, 1.54) is 24.5 Å². The Morgan fingerprint density at radius 3 is 2.45 bits per heavy atom. The van der Waals surface area contributed by atoms with Crippen molar-refractivity contribution in [3.8, 4) is 0 Å². The number of rotatable bonds is 5. The predicted molar refractivity (Wildman–Crippen MR) is 107 cm³/mol. The molecular weight excluding hydrogens is 376 g/mol. The number of halogens is 2. The van der Waals surface area contributed by atoms with Crippen molar-refractivity contribution in [2.45, 2.75) is 13.8 Å². The number of benzene rings is 2. The van der Waals surface area contributed by atoms with Gasteiger partial charge in [0.2, 0.25) is 0 Å². The van der Waals surface area contributed by atoms with Gasteiger partial charge in [0.05, 0.1) is 11.1 Å². The van der Waals surface area contributed by atoms with Crippen LogP contribution >= 0.6 is 0 Å². The zero-order valence-electron chi connectivity index (χ0n) is 15.9. The maximum Gasteiger partial charge on any atom is 0.259 e. The Morgan fingerprint density at radius 2 is 1.76 bits per heavy atom. The van der Waals surface area contributed by atoms with Gasteiger partial charge in [-0.25, -0.2) is 8.78 Å². The summed E-state index contributed by atoms with van der Waals surface area (Å²) in [5.41, 5.74) is 2.23. The molecule has 0 saturated heterocycles. The van der Waals surface area contributed by atoms with Crippen molar-refractivity contribution < 1.29 is 18.4 Å². The first-order valence-electron chi connectivity index (χ1n) is 8.99. The van der Waals surface area contributed by atoms with Crippen LogP contribution in [0, 0.1) is 18.6 Å². The smallest absolute Gasteiger partial charge is 0.259 e. The molecule has 5 nitrogen and oxygen atoms in total. The lowest BCUT2D eigenvalue weighted by Crippen LogP contribution is -2.31. The number of pyridine rings is 1. The van der Waals surface area contributed by atoms with Crippen LogP contribution in [0.2, 0.25) is 0 Å². The Morgan fingerprint density at radius 1 is 1.00 bits per heavy atom. The molecule has 3 rings (SSSR count). The summed E-state index contributed by atoms with van der Waals surface area (Å²) in [6, 6.07) is 12.0. The van der Waals surface area contributed by atoms with Gasteiger partial charge in [-0.3, -0.25) is 14.6 Å². The molecular formula is C22H19F2N3O2. The molecule has 0 aliphatic heterocycles. The van der Waals surface area contributed by atoms with E-state index in [1.54, 1.807) is 4.90 Å². The van der Waals surface area contributed by atoms with E-state index in [-0.39, 0.29) is 22.7 Å². The van der Waals surface area contributed by atoms with Gasteiger partial charge in [0.15, 0.2) is 11.6 Å². The number of nitrogens with one attached hydrogen (secondary N) is 1. The fraction of sp³-hybridized carbons (Fsp3) is 0.136. The molecule has 0 atom stereocenters. The number of amides is 2. The average Bonchev–Trinajstić information content (AvgIpc) is 2.71. The Labute approximate surface area is 167 Å². The van der Waals surface area contributed by atoms with Gasteiger partial charge < -0.3 is 10.2 Å². The zero-order chi connectivity index (χ0) is 21.0. The molecule has 0 saturated carbocycles. The molecule has 0 radical (unpaired) electrons. The lowest BCUT2D eigenvalue weighted by molar-refractivity contribution is 0.0988. The third-order valence-electron chi connectivity index (χ3n) is 4.30. The first-order valence-corrected chi connectivity index (χ1v) is 8.99. The van der Waals surface area contributed by atoms with Crippen LogP contribution in [-0.4, -0.2) is 23.3 Å². The minimum Gasteiger partial charge on any atom is -0.322 e. The molecule has 2 amide bonds. The summed E-state index contributed by atoms with van der Waals surface area (Å²) in [5.74, 6) is -2.96. The van der Waals surface area contributed by atoms with Gasteiger partial charge in [-0.1, -0.05) is 12.1 Å². The molecule has 29 heavy (non-hydrogen) atoms. The first kappa shape index (κ1) is 20.1. The summed E-state index contributed by atoms with van der Waals surface area (Å²) < 4.78 is 26.4. The standard InChI is InChI=1S/C22H19F2N3O2/c1-3-27(18-6-4-5-14(2)9-18)22(29)16-10-15(12-25-13-16)21(28)26-17-7-8-19(23)20(24)11-17/h4-13H,3H2,1-2H3,(H,26,28). The minimum absolute atomic E-state index is 0.0978. The topological polar surface area (TPSA) is 62.3 Å². The molecule has 0 fully saturated rings. The maximum atomic E-state index is 13.3. The predicted octanol–water partition coefficient (Wildman–Crippen LogP) is 4.59. The zero-order valence-corrected chi connectivity index (χ0v) is 15.9. The van der Waals surface area contributed by atoms with Gasteiger partial charge in [-0.15, -0.1) is 0 Å². The van der Waals surface area contributed by atoms with Crippen molar-refractivity contribution in [3.05, 3.63) is 89.2 Å². The van der Waals surface area contributed by atoms with Crippen LogP contribution < -0.4 is 10.2 Å². The molecule has 0 aliphatic rings. The van der Waals surface area contributed by atoms with Crippen LogP contribution in [0.3, 0.4) is 0 Å². The van der Waals surface area contributed by atoms with Crippen LogP contribution in [0.15, 0.2) is 60.9 Å². The fourth-order valence-electron chi connectivity index (χ4n) is 2.85. The number of anilines is 2. The molecule has 2 aromatic carbocycles. The quantitative estimate of drug-likeness (QED) is 0.687. The SMILES string of the molecule is CCN(C(=O)c1cncc(C(=O)Nc2ccc(F)c(F)c2)c1)c1cccc(C)c1. The Bertz CT molecular complexity index is 1070. The molecule has 1 aromatic heterocycles. The Hall–Kier alpha value is -3.61. The van der Waals surface area contributed by atoms with Crippen LogP contribution in [0.4, 0.5) is 20.2 Å². The van der Waals surface area contributed by atoms with E-state index in [1.807, 2.05) is 38.1 Å². The number of carbonyl (C=O) groups is 2. The van der Waals surface area contributed by atoms with E-state index < -0.39 is 17.5 Å². The van der Waals surface area contributed by atoms with E-state index in [0.717, 1.165) is 23.4 Å². The molecule has 0 unspecified atom stereocenters. The number of nitrogens with zero attached hydrogens (tertiary/aromatic N) is 2. The van der Waals surface area contributed by atoms with Crippen LogP contribution in [0.5, 0.6) is 0 Å². The second-order valence-electron chi connectivity index (χ2n) is 6.43. The summed E-state index contributed by atoms with van der Waals surface area (Å²) in [6.45, 7) is 4.23. The van der Waals surface area contributed by atoms with Crippen molar-refractivity contribution >= 4 is 23.2 Å². The second-order valence-corrected chi connectivity index (χ2v) is 6.43. The monoisotopic (exact) mass is 395 g/mol. The number of hydrogen-bond donors (Lipinski definition) is 1. The summed E-state index contributed by atoms with van der Waals surface area (Å²) in [5, 5.41) is 2.46. The second kappa shape index (κ2) is 8.60. The van der Waals surface area contributed by atoms with Gasteiger partial charge in [-0.2, -0.15) is 0 Å². The van der Waals surface area contributed by atoms with Gasteiger partial charge in [0, 0.05) is 36.4 Å². The van der Waals surface area contributed by atoms with Gasteiger partial charge in [-0.05, 0) is 49.7 Å². The molecule has 1 heterocycles. The molecule has 0 aliphatic carbocycles. The highest BCUT2D eigenvalue weighted by atomic mass is 19.2. The number of carbonyl (C=O) groups excluding carboxylic acids is 2. The van der Waals surface area contributed by atoms with Crippen molar-refractivity contribution in [3.63, 3.8) is 0 Å². The first-order chi connectivity index (χ1) is 13.9. The third kappa shape index (κ3) is 4.63. The van der Waals surface area contributed by atoms with Crippen molar-refractivity contribution in [2.24, 2.45) is 0 Å². The van der Waals surface area contributed by atoms with Crippen molar-refractivity contribution in [2.75, 3.05) is 16.8 Å². The minimum atomic E-state index is -1.07. The molecule has 0 bridgehead atoms. The Balaban J connectivity index is 1.83. The van der Waals surface area contributed by atoms with Crippen LogP contribution in [0.25, 0.3) is 0 Å². The van der Waals surface area contributed by atoms with Crippen molar-refractivity contribution in [1.29, 1.82) is 0 Å².